The molecule has 0 aliphatic carbocycles. The highest BCUT2D eigenvalue weighted by molar-refractivity contribution is 5.94. The van der Waals surface area contributed by atoms with E-state index in [0.29, 0.717) is 0 Å². The second-order valence-electron chi connectivity index (χ2n) is 5.98. The van der Waals surface area contributed by atoms with Gasteiger partial charge in [0.15, 0.2) is 0 Å². The van der Waals surface area contributed by atoms with E-state index in [9.17, 15) is 0 Å². The zero-order chi connectivity index (χ0) is 16.2. The van der Waals surface area contributed by atoms with Crippen LogP contribution in [0.5, 0.6) is 0 Å². The van der Waals surface area contributed by atoms with Crippen LogP contribution >= 0.6 is 0 Å². The van der Waals surface area contributed by atoms with Crippen LogP contribution in [-0.4, -0.2) is 12.4 Å². The van der Waals surface area contributed by atoms with E-state index < -0.39 is 0 Å². The molecule has 0 aromatic heterocycles. The molecule has 1 aliphatic rings. The van der Waals surface area contributed by atoms with Gasteiger partial charge in [0.05, 0.1) is 6.54 Å². The minimum absolute atomic E-state index is 0.0266. The number of benzene rings is 3. The van der Waals surface area contributed by atoms with Gasteiger partial charge in [-0.15, -0.1) is 0 Å². The molecule has 1 aliphatic heterocycles. The third-order valence-corrected chi connectivity index (χ3v) is 4.41. The fourth-order valence-electron chi connectivity index (χ4n) is 3.18. The van der Waals surface area contributed by atoms with Crippen molar-refractivity contribution in [2.45, 2.75) is 12.0 Å². The molecule has 118 valence electrons. The van der Waals surface area contributed by atoms with Crippen molar-refractivity contribution in [1.82, 2.24) is 0 Å². The van der Waals surface area contributed by atoms with Crippen LogP contribution in [0.3, 0.4) is 0 Å². The lowest BCUT2D eigenvalue weighted by Gasteiger charge is -2.32. The summed E-state index contributed by atoms with van der Waals surface area (Å²) in [7, 11) is 0. The molecule has 2 heteroatoms. The third kappa shape index (κ3) is 2.95. The molecule has 3 aromatic carbocycles. The maximum Gasteiger partial charge on any atom is 0.216 e. The lowest BCUT2D eigenvalue weighted by Crippen LogP contribution is -2.26. The van der Waals surface area contributed by atoms with E-state index in [2.05, 4.69) is 48.5 Å². The van der Waals surface area contributed by atoms with E-state index in [4.69, 9.17) is 9.73 Å². The van der Waals surface area contributed by atoms with Crippen molar-refractivity contribution < 1.29 is 4.74 Å². The minimum Gasteiger partial charge on any atom is -0.469 e. The summed E-state index contributed by atoms with van der Waals surface area (Å²) in [5.74, 6) is 0.956. The van der Waals surface area contributed by atoms with E-state index in [1.807, 2.05) is 42.5 Å². The Balaban J connectivity index is 1.72. The predicted molar refractivity (Wildman–Crippen MR) is 97.3 cm³/mol. The molecule has 24 heavy (non-hydrogen) atoms. The smallest absolute Gasteiger partial charge is 0.216 e. The molecule has 0 radical (unpaired) electrons. The molecule has 0 bridgehead atoms. The molecule has 0 amide bonds. The van der Waals surface area contributed by atoms with Crippen molar-refractivity contribution in [2.75, 3.05) is 6.54 Å². The van der Waals surface area contributed by atoms with E-state index in [1.54, 1.807) is 0 Å². The fraction of sp³-hybridized carbons (Fsp3) is 0.136. The van der Waals surface area contributed by atoms with E-state index in [-0.39, 0.29) is 12.0 Å². The summed E-state index contributed by atoms with van der Waals surface area (Å²) in [6.07, 6.45) is -0.0266. The topological polar surface area (TPSA) is 21.6 Å². The number of hydrogen-bond donors (Lipinski definition) is 0. The van der Waals surface area contributed by atoms with Crippen molar-refractivity contribution in [1.29, 1.82) is 0 Å². The Kier molecular flexibility index (Phi) is 4.11. The van der Waals surface area contributed by atoms with Crippen LogP contribution in [-0.2, 0) is 4.74 Å². The van der Waals surface area contributed by atoms with Gasteiger partial charge in [-0.3, -0.25) is 4.99 Å². The standard InChI is InChI=1S/C22H19NO/c1-4-10-17(11-5-1)20-16-23-22(19-14-8-3-9-15-19)24-21(20)18-12-6-2-7-13-18/h1-15,20-21H,16H2/t20-,21-/m1/s1. The quantitative estimate of drug-likeness (QED) is 0.667. The lowest BCUT2D eigenvalue weighted by atomic mass is 9.88. The fourth-order valence-corrected chi connectivity index (χ4v) is 3.18. The Morgan fingerprint density at radius 2 is 1.21 bits per heavy atom. The summed E-state index contributed by atoms with van der Waals surface area (Å²) in [4.78, 5) is 4.73. The van der Waals surface area contributed by atoms with Gasteiger partial charge in [0, 0.05) is 11.5 Å². The zero-order valence-corrected chi connectivity index (χ0v) is 13.4. The van der Waals surface area contributed by atoms with Gasteiger partial charge in [0.2, 0.25) is 5.90 Å². The van der Waals surface area contributed by atoms with E-state index in [0.717, 1.165) is 18.0 Å². The molecule has 4 rings (SSSR count). The van der Waals surface area contributed by atoms with Gasteiger partial charge in [-0.1, -0.05) is 78.9 Å². The van der Waals surface area contributed by atoms with Crippen LogP contribution in [0.2, 0.25) is 0 Å². The summed E-state index contributed by atoms with van der Waals surface area (Å²) in [6.45, 7) is 0.730. The molecule has 2 nitrogen and oxygen atoms in total. The molecule has 0 N–H and O–H groups in total. The number of nitrogens with zero attached hydrogens (tertiary/aromatic N) is 1. The molecule has 1 heterocycles. The maximum atomic E-state index is 6.38. The maximum absolute atomic E-state index is 6.38. The summed E-state index contributed by atoms with van der Waals surface area (Å²) in [6, 6.07) is 31.1. The summed E-state index contributed by atoms with van der Waals surface area (Å²) in [5.41, 5.74) is 3.49. The summed E-state index contributed by atoms with van der Waals surface area (Å²) >= 11 is 0. The van der Waals surface area contributed by atoms with Crippen LogP contribution in [0, 0.1) is 0 Å². The van der Waals surface area contributed by atoms with Gasteiger partial charge in [-0.25, -0.2) is 0 Å². The number of hydrogen-bond acceptors (Lipinski definition) is 2. The Labute approximate surface area is 142 Å². The SMILES string of the molecule is c1ccc(C2=NC[C@H](c3ccccc3)[C@@H](c3ccccc3)O2)cc1. The highest BCUT2D eigenvalue weighted by Crippen LogP contribution is 2.37. The van der Waals surface area contributed by atoms with Gasteiger partial charge in [0.25, 0.3) is 0 Å². The van der Waals surface area contributed by atoms with Gasteiger partial charge >= 0.3 is 0 Å². The number of ether oxygens (including phenoxy) is 1. The Morgan fingerprint density at radius 1 is 0.667 bits per heavy atom. The Hall–Kier alpha value is -2.87. The molecule has 0 fully saturated rings. The highest BCUT2D eigenvalue weighted by Gasteiger charge is 2.31. The van der Waals surface area contributed by atoms with Crippen molar-refractivity contribution >= 4 is 5.90 Å². The third-order valence-electron chi connectivity index (χ3n) is 4.41. The van der Waals surface area contributed by atoms with Crippen molar-refractivity contribution in [3.63, 3.8) is 0 Å². The summed E-state index contributed by atoms with van der Waals surface area (Å²) < 4.78 is 6.38. The first-order valence-corrected chi connectivity index (χ1v) is 8.28. The number of aliphatic imine (C=N–C) groups is 1. The highest BCUT2D eigenvalue weighted by atomic mass is 16.5. The molecular weight excluding hydrogens is 294 g/mol. The van der Waals surface area contributed by atoms with E-state index in [1.165, 1.54) is 11.1 Å². The summed E-state index contributed by atoms with van der Waals surface area (Å²) in [5, 5.41) is 0. The van der Waals surface area contributed by atoms with Crippen molar-refractivity contribution in [2.24, 2.45) is 4.99 Å². The first kappa shape index (κ1) is 14.7. The van der Waals surface area contributed by atoms with Gasteiger partial charge in [-0.05, 0) is 23.3 Å². The van der Waals surface area contributed by atoms with Gasteiger partial charge in [0.1, 0.15) is 6.10 Å². The zero-order valence-electron chi connectivity index (χ0n) is 13.4. The molecule has 2 atom stereocenters. The monoisotopic (exact) mass is 313 g/mol. The van der Waals surface area contributed by atoms with E-state index >= 15 is 0 Å². The lowest BCUT2D eigenvalue weighted by molar-refractivity contribution is 0.146. The average molecular weight is 313 g/mol. The molecule has 3 aromatic rings. The van der Waals surface area contributed by atoms with Crippen LogP contribution in [0.25, 0.3) is 0 Å². The first-order chi connectivity index (χ1) is 11.9. The van der Waals surface area contributed by atoms with Crippen LogP contribution < -0.4 is 0 Å². The van der Waals surface area contributed by atoms with Crippen LogP contribution in [0.1, 0.15) is 28.7 Å². The molecule has 0 saturated heterocycles. The van der Waals surface area contributed by atoms with Crippen LogP contribution in [0.4, 0.5) is 0 Å². The number of rotatable bonds is 3. The van der Waals surface area contributed by atoms with Crippen LogP contribution in [0.15, 0.2) is 96.0 Å². The van der Waals surface area contributed by atoms with Gasteiger partial charge < -0.3 is 4.74 Å². The Morgan fingerprint density at radius 3 is 1.83 bits per heavy atom. The average Bonchev–Trinajstić information content (AvgIpc) is 2.69. The molecule has 0 unspecified atom stereocenters. The Bertz CT molecular complexity index is 812. The van der Waals surface area contributed by atoms with Gasteiger partial charge in [-0.2, -0.15) is 0 Å². The second-order valence-corrected chi connectivity index (χ2v) is 5.98. The molecule has 0 spiro atoms. The molecular formula is C22H19NO. The minimum atomic E-state index is -0.0266. The normalized spacial score (nSPS) is 20.1. The van der Waals surface area contributed by atoms with Crippen molar-refractivity contribution in [3.8, 4) is 0 Å². The first-order valence-electron chi connectivity index (χ1n) is 8.28. The second kappa shape index (κ2) is 6.71. The predicted octanol–water partition coefficient (Wildman–Crippen LogP) is 4.99. The molecule has 0 saturated carbocycles. The largest absolute Gasteiger partial charge is 0.469 e. The van der Waals surface area contributed by atoms with Crippen molar-refractivity contribution in [3.05, 3.63) is 108 Å².